The number of fused-ring (bicyclic) bond motifs is 14. The smallest absolute Gasteiger partial charge is 0.266 e. The lowest BCUT2D eigenvalue weighted by Gasteiger charge is -2.42. The highest BCUT2D eigenvalue weighted by molar-refractivity contribution is 6.46. The molecular formula is C135H118N2O8. The zero-order chi connectivity index (χ0) is 101. The maximum atomic E-state index is 16.4. The van der Waals surface area contributed by atoms with Gasteiger partial charge in [0, 0.05) is 60.8 Å². The van der Waals surface area contributed by atoms with Gasteiger partial charge < -0.3 is 18.9 Å². The maximum Gasteiger partial charge on any atom is 0.266 e. The molecule has 0 fully saturated rings. The molecule has 0 N–H and O–H groups in total. The number of amides is 4. The van der Waals surface area contributed by atoms with Crippen molar-refractivity contribution in [2.75, 3.05) is 9.80 Å². The first-order valence-corrected chi connectivity index (χ1v) is 51.9. The number of benzene rings is 17. The summed E-state index contributed by atoms with van der Waals surface area (Å²) in [6.45, 7) is 45.5. The highest BCUT2D eigenvalue weighted by atomic mass is 16.5. The molecule has 0 spiro atoms. The van der Waals surface area contributed by atoms with Crippen LogP contribution in [0.15, 0.2) is 243 Å². The van der Waals surface area contributed by atoms with Crippen molar-refractivity contribution in [3.05, 3.63) is 365 Å². The minimum Gasteiger partial charge on any atom is -0.457 e. The average molecular weight is 1900 g/mol. The molecular weight excluding hydrogens is 1780 g/mol. The number of ether oxygens (including phenoxy) is 4. The van der Waals surface area contributed by atoms with Crippen LogP contribution in [-0.2, 0) is 47.3 Å². The van der Waals surface area contributed by atoms with Crippen LogP contribution in [0.25, 0.3) is 120 Å². The Labute approximate surface area is 848 Å². The molecule has 17 aromatic rings. The van der Waals surface area contributed by atoms with E-state index in [0.717, 1.165) is 141 Å². The summed E-state index contributed by atoms with van der Waals surface area (Å²) in [7, 11) is 0. The van der Waals surface area contributed by atoms with Gasteiger partial charge in [-0.1, -0.05) is 283 Å². The van der Waals surface area contributed by atoms with E-state index in [1.807, 2.05) is 84.9 Å². The molecule has 10 heteroatoms. The number of carbonyl (C=O) groups is 4. The Hall–Kier alpha value is -15.2. The van der Waals surface area contributed by atoms with E-state index < -0.39 is 23.6 Å². The number of hydrogen-bond acceptors (Lipinski definition) is 8. The third-order valence-corrected chi connectivity index (χ3v) is 32.7. The van der Waals surface area contributed by atoms with Gasteiger partial charge in [-0.2, -0.15) is 0 Å². The van der Waals surface area contributed by atoms with Gasteiger partial charge >= 0.3 is 0 Å². The molecule has 10 nitrogen and oxygen atoms in total. The fraction of sp³-hybridized carbons (Fsp3) is 0.259. The molecule has 716 valence electrons. The first kappa shape index (κ1) is 91.1. The second-order valence-electron chi connectivity index (χ2n) is 47.4. The van der Waals surface area contributed by atoms with Crippen LogP contribution in [0, 0.1) is 31.1 Å². The van der Waals surface area contributed by atoms with E-state index in [4.69, 9.17) is 25.4 Å². The summed E-state index contributed by atoms with van der Waals surface area (Å²) in [5, 5.41) is 13.2. The largest absolute Gasteiger partial charge is 0.457 e. The lowest BCUT2D eigenvalue weighted by molar-refractivity contribution is 0.0877. The summed E-state index contributed by atoms with van der Waals surface area (Å²) >= 11 is 0. The molecule has 0 saturated heterocycles. The molecule has 145 heavy (non-hydrogen) atoms. The van der Waals surface area contributed by atoms with Gasteiger partial charge in [0.2, 0.25) is 0 Å². The molecule has 0 saturated carbocycles. The third-order valence-electron chi connectivity index (χ3n) is 32.7. The fourth-order valence-electron chi connectivity index (χ4n) is 25.3. The minimum absolute atomic E-state index is 0.0110. The van der Waals surface area contributed by atoms with Crippen molar-refractivity contribution in [3.63, 3.8) is 0 Å². The number of imide groups is 2. The van der Waals surface area contributed by atoms with E-state index in [0.29, 0.717) is 96.0 Å². The van der Waals surface area contributed by atoms with E-state index in [1.54, 1.807) is 0 Å². The lowest BCUT2D eigenvalue weighted by Crippen LogP contribution is -2.42. The molecule has 0 aromatic heterocycles. The minimum atomic E-state index is -0.428. The van der Waals surface area contributed by atoms with Crippen LogP contribution >= 0.6 is 0 Å². The van der Waals surface area contributed by atoms with Gasteiger partial charge in [-0.3, -0.25) is 19.2 Å². The molecule has 2 heterocycles. The van der Waals surface area contributed by atoms with Crippen molar-refractivity contribution in [2.24, 2.45) is 11.8 Å². The van der Waals surface area contributed by atoms with E-state index in [-0.39, 0.29) is 57.2 Å². The molecule has 17 aromatic carbocycles. The summed E-state index contributed by atoms with van der Waals surface area (Å²) in [6.07, 6.45) is 19.0. The Bertz CT molecular complexity index is 8430. The van der Waals surface area contributed by atoms with E-state index in [1.165, 1.54) is 98.1 Å². The zero-order valence-electron chi connectivity index (χ0n) is 86.6. The number of hydrogen-bond donors (Lipinski definition) is 0. The quantitative estimate of drug-likeness (QED) is 0.0458. The molecule has 0 radical (unpaired) electrons. The molecule has 25 rings (SSSR count). The number of allylic oxidation sites excluding steroid dienone is 8. The molecule has 0 atom stereocenters. The maximum absolute atomic E-state index is 16.4. The van der Waals surface area contributed by atoms with Gasteiger partial charge in [-0.15, -0.1) is 6.42 Å². The lowest BCUT2D eigenvalue weighted by atomic mass is 9.62. The first-order valence-electron chi connectivity index (χ1n) is 51.9. The Morgan fingerprint density at radius 1 is 0.290 bits per heavy atom. The molecule has 6 aliphatic carbocycles. The predicted molar refractivity (Wildman–Crippen MR) is 596 cm³/mol. The normalized spacial score (nSPS) is 16.1. The monoisotopic (exact) mass is 1890 g/mol. The second-order valence-corrected chi connectivity index (χ2v) is 47.4. The summed E-state index contributed by atoms with van der Waals surface area (Å²) in [4.78, 5) is 68.4. The third kappa shape index (κ3) is 14.0. The zero-order valence-corrected chi connectivity index (χ0v) is 86.6. The van der Waals surface area contributed by atoms with Gasteiger partial charge in [-0.05, 0) is 353 Å². The first-order chi connectivity index (χ1) is 69.2. The summed E-state index contributed by atoms with van der Waals surface area (Å²) in [5.41, 5.74) is 31.1. The Morgan fingerprint density at radius 3 is 0.890 bits per heavy atom. The predicted octanol–water partition coefficient (Wildman–Crippen LogP) is 35.0. The molecule has 8 aliphatic rings. The van der Waals surface area contributed by atoms with Gasteiger partial charge in [0.1, 0.15) is 46.0 Å². The number of carbonyl (C=O) groups excluding carboxylic acids is 4. The van der Waals surface area contributed by atoms with Crippen LogP contribution < -0.4 is 28.7 Å². The van der Waals surface area contributed by atoms with E-state index in [2.05, 4.69) is 309 Å². The number of anilines is 2. The van der Waals surface area contributed by atoms with Crippen LogP contribution in [0.5, 0.6) is 46.0 Å². The van der Waals surface area contributed by atoms with Crippen molar-refractivity contribution in [3.8, 4) is 80.6 Å². The summed E-state index contributed by atoms with van der Waals surface area (Å²) in [5.74, 6) is 5.28. The SMILES string of the molecule is C#Cc1cc(C(C)C)c(N2C(=O)c3cc(Oc4ccc(C(C)(C)C)cc4)c4c5c(c(Oc6ccc(C(C)(C)C)cc6)cc(c35)C2=O)C2=CC=C3c5cc6cc7c(cc6cc5C5=CC=C4C2C53)CCc2cc3cc4c(cc3cc2CC7)-c2ccc3c5c(Oc6ccc(C(C)(C)C)cc6)cc6c7c(cc(Oc8ccc(C(C)(C)C)cc8)c(c8ccc-4c2c83)c75)C(=O)N(c2c(C(C)C)cc(C)cc2C(C)C)C6=O)c(C(C)C)c1. The number of rotatable bonds is 14. The van der Waals surface area contributed by atoms with E-state index >= 15 is 19.2 Å². The van der Waals surface area contributed by atoms with Crippen LogP contribution in [-0.4, -0.2) is 23.6 Å². The Kier molecular flexibility index (Phi) is 20.2. The van der Waals surface area contributed by atoms with Crippen LogP contribution in [0.4, 0.5) is 11.4 Å². The van der Waals surface area contributed by atoms with Crippen LogP contribution in [0.2, 0.25) is 0 Å². The van der Waals surface area contributed by atoms with Crippen molar-refractivity contribution in [1.29, 1.82) is 0 Å². The number of terminal acetylenes is 1. The Balaban J connectivity index is 0.605. The van der Waals surface area contributed by atoms with Crippen molar-refractivity contribution in [2.45, 2.75) is 216 Å². The highest BCUT2D eigenvalue weighted by Crippen LogP contribution is 2.67. The summed E-state index contributed by atoms with van der Waals surface area (Å²) < 4.78 is 29.6. The fourth-order valence-corrected chi connectivity index (χ4v) is 25.3. The standard InChI is InChI=1S/C135H118N2O8/c1-23-73-54-100(70(6)7)127(101(55-73)71(8)9)137-130(140)108-66-112(144-88-40-32-84(33-41-88)134(17,18)19)122-96-50-46-92-104-62-80-58-76-26-24-74-56-78-60-102-90-44-48-94-116-95(49-45-91(114(90)116)103(102)61-79(78)57-75(74)25-27-77(76)59-81(80)63-105(104)93-47-51-97(117(96)115(92)93)123-113(67-109(131(137)141)119(108)125(122)123)145-89-42-34-85(35-43-89)135(20,21)22)121-111(143-87-38-30-83(31-39-87)133(14,15)16)65-107-118-106(64-110(120(94)124(118)121)142-86-36-28-82(29-37-86)132(11,12)13)128(138)136(129(107)139)126-98(68(2)3)52-72(10)53-99(126)69(4)5/h1,28-71,115,117H,24-27H2,2-22H3. The highest BCUT2D eigenvalue weighted by Gasteiger charge is 2.52. The second kappa shape index (κ2) is 32.2. The van der Waals surface area contributed by atoms with Gasteiger partial charge in [0.25, 0.3) is 23.6 Å². The average Bonchev–Trinajstić information content (AvgIpc) is 1.55. The number of aryl methyl sites for hydroxylation is 5. The summed E-state index contributed by atoms with van der Waals surface area (Å²) in [6, 6.07) is 78.1. The van der Waals surface area contributed by atoms with Crippen molar-refractivity contribution >= 4 is 133 Å². The Morgan fingerprint density at radius 2 is 0.572 bits per heavy atom. The van der Waals surface area contributed by atoms with E-state index in [9.17, 15) is 0 Å². The number of nitrogens with zero attached hydrogens (tertiary/aromatic N) is 2. The molecule has 4 amide bonds. The van der Waals surface area contributed by atoms with Gasteiger partial charge in [0.15, 0.2) is 0 Å². The molecule has 2 aliphatic heterocycles. The van der Waals surface area contributed by atoms with Gasteiger partial charge in [0.05, 0.1) is 33.6 Å². The molecule has 0 unspecified atom stereocenters. The van der Waals surface area contributed by atoms with Crippen molar-refractivity contribution in [1.82, 2.24) is 0 Å². The van der Waals surface area contributed by atoms with Crippen molar-refractivity contribution < 1.29 is 38.1 Å². The topological polar surface area (TPSA) is 112 Å². The molecule has 0 bridgehead atoms. The van der Waals surface area contributed by atoms with Crippen LogP contribution in [0.3, 0.4) is 0 Å². The van der Waals surface area contributed by atoms with Crippen LogP contribution in [0.1, 0.15) is 304 Å². The van der Waals surface area contributed by atoms with Gasteiger partial charge in [-0.25, -0.2) is 9.80 Å².